The van der Waals surface area contributed by atoms with E-state index in [9.17, 15) is 0 Å². The van der Waals surface area contributed by atoms with Crippen molar-refractivity contribution in [2.24, 2.45) is 5.92 Å². The van der Waals surface area contributed by atoms with Gasteiger partial charge in [0.05, 0.1) is 7.11 Å². The fourth-order valence-electron chi connectivity index (χ4n) is 2.50. The minimum Gasteiger partial charge on any atom is -0.496 e. The first-order chi connectivity index (χ1) is 8.29. The number of ether oxygens (including phenoxy) is 1. The molecule has 0 saturated carbocycles. The van der Waals surface area contributed by atoms with Crippen LogP contribution in [-0.4, -0.2) is 38.7 Å². The Hall–Kier alpha value is -1.06. The van der Waals surface area contributed by atoms with Gasteiger partial charge in [-0.3, -0.25) is 0 Å². The smallest absolute Gasteiger partial charge is 0.123 e. The van der Waals surface area contributed by atoms with Gasteiger partial charge in [0.15, 0.2) is 0 Å². The zero-order chi connectivity index (χ0) is 12.1. The minimum absolute atomic E-state index is 0.801. The Morgan fingerprint density at radius 1 is 1.41 bits per heavy atom. The summed E-state index contributed by atoms with van der Waals surface area (Å²) < 4.78 is 5.38. The Labute approximate surface area is 104 Å². The third kappa shape index (κ3) is 3.45. The van der Waals surface area contributed by atoms with E-state index in [1.54, 1.807) is 7.11 Å². The molecule has 1 atom stereocenters. The number of benzene rings is 1. The second kappa shape index (κ2) is 6.03. The van der Waals surface area contributed by atoms with Crippen LogP contribution in [0.15, 0.2) is 24.3 Å². The van der Waals surface area contributed by atoms with Crippen LogP contribution >= 0.6 is 0 Å². The van der Waals surface area contributed by atoms with Crippen molar-refractivity contribution in [2.45, 2.75) is 13.0 Å². The molecule has 94 valence electrons. The van der Waals surface area contributed by atoms with Crippen LogP contribution < -0.4 is 10.1 Å². The van der Waals surface area contributed by atoms with Crippen molar-refractivity contribution in [1.82, 2.24) is 10.2 Å². The highest BCUT2D eigenvalue weighted by Crippen LogP contribution is 2.19. The second-order valence-electron chi connectivity index (χ2n) is 4.87. The molecule has 17 heavy (non-hydrogen) atoms. The van der Waals surface area contributed by atoms with Crippen molar-refractivity contribution in [3.8, 4) is 5.75 Å². The molecule has 1 unspecified atom stereocenters. The van der Waals surface area contributed by atoms with Gasteiger partial charge < -0.3 is 15.0 Å². The summed E-state index contributed by atoms with van der Waals surface area (Å²) in [6.07, 6.45) is 1.30. The molecule has 1 heterocycles. The maximum absolute atomic E-state index is 5.38. The minimum atomic E-state index is 0.801. The molecule has 0 spiro atoms. The maximum Gasteiger partial charge on any atom is 0.123 e. The van der Waals surface area contributed by atoms with Crippen LogP contribution in [0, 0.1) is 5.92 Å². The topological polar surface area (TPSA) is 24.5 Å². The lowest BCUT2D eigenvalue weighted by Crippen LogP contribution is -2.26. The van der Waals surface area contributed by atoms with Crippen molar-refractivity contribution in [1.29, 1.82) is 0 Å². The molecule has 2 rings (SSSR count). The van der Waals surface area contributed by atoms with E-state index in [2.05, 4.69) is 29.4 Å². The van der Waals surface area contributed by atoms with E-state index in [-0.39, 0.29) is 0 Å². The van der Waals surface area contributed by atoms with Crippen LogP contribution in [0.5, 0.6) is 5.75 Å². The van der Waals surface area contributed by atoms with Crippen molar-refractivity contribution in [3.05, 3.63) is 29.8 Å². The van der Waals surface area contributed by atoms with Gasteiger partial charge >= 0.3 is 0 Å². The molecule has 1 fully saturated rings. The van der Waals surface area contributed by atoms with Gasteiger partial charge in [-0.25, -0.2) is 0 Å². The number of methoxy groups -OCH3 is 1. The summed E-state index contributed by atoms with van der Waals surface area (Å²) in [6.45, 7) is 4.45. The lowest BCUT2D eigenvalue weighted by molar-refractivity contribution is 0.273. The van der Waals surface area contributed by atoms with Gasteiger partial charge in [0, 0.05) is 18.7 Å². The number of para-hydroxylation sites is 1. The number of rotatable bonds is 5. The fraction of sp³-hybridized carbons (Fsp3) is 0.571. The molecular weight excluding hydrogens is 212 g/mol. The monoisotopic (exact) mass is 234 g/mol. The van der Waals surface area contributed by atoms with Crippen molar-refractivity contribution in [3.63, 3.8) is 0 Å². The first-order valence-electron chi connectivity index (χ1n) is 6.30. The van der Waals surface area contributed by atoms with Crippen molar-refractivity contribution < 1.29 is 4.74 Å². The van der Waals surface area contributed by atoms with E-state index in [4.69, 9.17) is 4.74 Å². The highest BCUT2D eigenvalue weighted by atomic mass is 16.5. The first-order valence-corrected chi connectivity index (χ1v) is 6.30. The van der Waals surface area contributed by atoms with E-state index in [0.29, 0.717) is 0 Å². The van der Waals surface area contributed by atoms with Crippen LogP contribution in [0.3, 0.4) is 0 Å². The molecular formula is C14H22N2O. The zero-order valence-corrected chi connectivity index (χ0v) is 10.8. The van der Waals surface area contributed by atoms with Crippen LogP contribution in [0.2, 0.25) is 0 Å². The van der Waals surface area contributed by atoms with Gasteiger partial charge in [0.25, 0.3) is 0 Å². The van der Waals surface area contributed by atoms with Crippen molar-refractivity contribution in [2.75, 3.05) is 33.8 Å². The molecule has 0 aromatic heterocycles. The maximum atomic E-state index is 5.38. The largest absolute Gasteiger partial charge is 0.496 e. The number of hydrogen-bond donors (Lipinski definition) is 1. The Morgan fingerprint density at radius 3 is 2.94 bits per heavy atom. The van der Waals surface area contributed by atoms with Gasteiger partial charge in [-0.2, -0.15) is 0 Å². The van der Waals surface area contributed by atoms with E-state index < -0.39 is 0 Å². The second-order valence-corrected chi connectivity index (χ2v) is 4.87. The average Bonchev–Trinajstić information content (AvgIpc) is 2.82. The molecule has 0 aliphatic carbocycles. The summed E-state index contributed by atoms with van der Waals surface area (Å²) in [5.74, 6) is 1.79. The number of nitrogens with zero attached hydrogens (tertiary/aromatic N) is 1. The van der Waals surface area contributed by atoms with Crippen LogP contribution in [-0.2, 0) is 6.54 Å². The van der Waals surface area contributed by atoms with E-state index in [0.717, 1.165) is 31.3 Å². The van der Waals surface area contributed by atoms with Crippen LogP contribution in [0.1, 0.15) is 12.0 Å². The molecule has 3 heteroatoms. The van der Waals surface area contributed by atoms with Crippen LogP contribution in [0.4, 0.5) is 0 Å². The average molecular weight is 234 g/mol. The van der Waals surface area contributed by atoms with Crippen molar-refractivity contribution >= 4 is 0 Å². The Balaban J connectivity index is 1.90. The highest BCUT2D eigenvalue weighted by molar-refractivity contribution is 5.32. The summed E-state index contributed by atoms with van der Waals surface area (Å²) in [7, 11) is 3.92. The summed E-state index contributed by atoms with van der Waals surface area (Å²) in [5.41, 5.74) is 1.27. The highest BCUT2D eigenvalue weighted by Gasteiger charge is 2.16. The number of nitrogens with one attached hydrogen (secondary N) is 1. The Kier molecular flexibility index (Phi) is 4.40. The summed E-state index contributed by atoms with van der Waals surface area (Å²) in [6, 6.07) is 8.26. The van der Waals surface area contributed by atoms with E-state index in [1.807, 2.05) is 12.1 Å². The molecule has 1 saturated heterocycles. The quantitative estimate of drug-likeness (QED) is 0.840. The van der Waals surface area contributed by atoms with Gasteiger partial charge in [-0.05, 0) is 38.5 Å². The summed E-state index contributed by atoms with van der Waals surface area (Å²) in [5, 5.41) is 3.41. The SMILES string of the molecule is COc1ccccc1CN(C)CC1CCNC1. The summed E-state index contributed by atoms with van der Waals surface area (Å²) in [4.78, 5) is 2.38. The van der Waals surface area contributed by atoms with Gasteiger partial charge in [-0.15, -0.1) is 0 Å². The molecule has 1 aromatic carbocycles. The van der Waals surface area contributed by atoms with Gasteiger partial charge in [0.2, 0.25) is 0 Å². The molecule has 1 aliphatic rings. The molecule has 1 N–H and O–H groups in total. The molecule has 0 amide bonds. The normalized spacial score (nSPS) is 19.8. The Morgan fingerprint density at radius 2 is 2.24 bits per heavy atom. The Bertz CT molecular complexity index is 348. The molecule has 0 bridgehead atoms. The van der Waals surface area contributed by atoms with E-state index in [1.165, 1.54) is 18.5 Å². The first kappa shape index (κ1) is 12.4. The molecule has 1 aliphatic heterocycles. The molecule has 1 aromatic rings. The number of hydrogen-bond acceptors (Lipinski definition) is 3. The summed E-state index contributed by atoms with van der Waals surface area (Å²) >= 11 is 0. The molecule has 0 radical (unpaired) electrons. The lowest BCUT2D eigenvalue weighted by Gasteiger charge is -2.21. The third-order valence-corrected chi connectivity index (χ3v) is 3.37. The predicted octanol–water partition coefficient (Wildman–Crippen LogP) is 1.74. The fourth-order valence-corrected chi connectivity index (χ4v) is 2.50. The third-order valence-electron chi connectivity index (χ3n) is 3.37. The van der Waals surface area contributed by atoms with E-state index >= 15 is 0 Å². The lowest BCUT2D eigenvalue weighted by atomic mass is 10.1. The zero-order valence-electron chi connectivity index (χ0n) is 10.8. The van der Waals surface area contributed by atoms with Gasteiger partial charge in [0.1, 0.15) is 5.75 Å². The van der Waals surface area contributed by atoms with Crippen LogP contribution in [0.25, 0.3) is 0 Å². The molecule has 3 nitrogen and oxygen atoms in total. The van der Waals surface area contributed by atoms with Gasteiger partial charge in [-0.1, -0.05) is 18.2 Å². The standard InChI is InChI=1S/C14H22N2O/c1-16(10-12-7-8-15-9-12)11-13-5-3-4-6-14(13)17-2/h3-6,12,15H,7-11H2,1-2H3. The predicted molar refractivity (Wildman–Crippen MR) is 70.3 cm³/mol.